The van der Waals surface area contributed by atoms with E-state index in [2.05, 4.69) is 0 Å². The van der Waals surface area contributed by atoms with Crippen molar-refractivity contribution in [1.82, 2.24) is 0 Å². The number of nitrogen functional groups attached to an aromatic ring is 2. The molecule has 0 radical (unpaired) electrons. The van der Waals surface area contributed by atoms with Gasteiger partial charge in [0, 0.05) is 22.3 Å². The van der Waals surface area contributed by atoms with Crippen LogP contribution in [-0.4, -0.2) is 20.1 Å². The van der Waals surface area contributed by atoms with Crippen molar-refractivity contribution in [1.29, 1.82) is 10.8 Å². The first-order valence-electron chi connectivity index (χ1n) is 6.04. The van der Waals surface area contributed by atoms with Crippen molar-refractivity contribution in [2.45, 2.75) is 9.79 Å². The Kier molecular flexibility index (Phi) is 2.64. The number of rotatable bonds is 2. The maximum atomic E-state index is 12.6. The number of nitrogens with two attached hydrogens (primary N) is 2. The van der Waals surface area contributed by atoms with E-state index in [4.69, 9.17) is 22.3 Å². The summed E-state index contributed by atoms with van der Waals surface area (Å²) in [6.07, 6.45) is 0. The minimum Gasteiger partial charge on any atom is -0.384 e. The molecule has 0 bridgehead atoms. The van der Waals surface area contributed by atoms with Crippen molar-refractivity contribution >= 4 is 21.5 Å². The summed E-state index contributed by atoms with van der Waals surface area (Å²) in [5.74, 6) is -0.373. The topological polar surface area (TPSA) is 134 Å². The number of hydrogen-bond donors (Lipinski definition) is 4. The van der Waals surface area contributed by atoms with Gasteiger partial charge in [0.25, 0.3) is 0 Å². The molecule has 1 aliphatic heterocycles. The first kappa shape index (κ1) is 13.3. The molecule has 21 heavy (non-hydrogen) atoms. The summed E-state index contributed by atoms with van der Waals surface area (Å²) < 4.78 is 25.2. The third kappa shape index (κ3) is 1.82. The van der Waals surface area contributed by atoms with E-state index in [9.17, 15) is 8.42 Å². The van der Waals surface area contributed by atoms with Crippen LogP contribution in [0.25, 0.3) is 11.1 Å². The predicted molar refractivity (Wildman–Crippen MR) is 79.4 cm³/mol. The maximum Gasteiger partial charge on any atom is 0.207 e. The number of fused-ring (bicyclic) bond motifs is 3. The van der Waals surface area contributed by atoms with E-state index >= 15 is 0 Å². The molecule has 0 aromatic heterocycles. The summed E-state index contributed by atoms with van der Waals surface area (Å²) in [5.41, 5.74) is 12.7. The van der Waals surface area contributed by atoms with Gasteiger partial charge < -0.3 is 11.5 Å². The van der Waals surface area contributed by atoms with Gasteiger partial charge in [0.2, 0.25) is 9.84 Å². The smallest absolute Gasteiger partial charge is 0.207 e. The zero-order chi connectivity index (χ0) is 15.4. The molecule has 6 nitrogen and oxygen atoms in total. The normalized spacial score (nSPS) is 14.3. The average molecular weight is 300 g/mol. The maximum absolute atomic E-state index is 12.6. The second-order valence-corrected chi connectivity index (χ2v) is 6.64. The van der Waals surface area contributed by atoms with Gasteiger partial charge in [-0.15, -0.1) is 0 Å². The summed E-state index contributed by atoms with van der Waals surface area (Å²) in [6, 6.07) is 9.32. The lowest BCUT2D eigenvalue weighted by Gasteiger charge is -2.02. The molecule has 1 aliphatic rings. The second kappa shape index (κ2) is 4.16. The van der Waals surface area contributed by atoms with Gasteiger partial charge in [-0.1, -0.05) is 24.3 Å². The third-order valence-electron chi connectivity index (χ3n) is 3.45. The van der Waals surface area contributed by atoms with Gasteiger partial charge in [-0.25, -0.2) is 8.42 Å². The van der Waals surface area contributed by atoms with Crippen LogP contribution in [0.5, 0.6) is 0 Å². The Balaban J connectivity index is 2.32. The lowest BCUT2D eigenvalue weighted by Crippen LogP contribution is -2.12. The van der Waals surface area contributed by atoms with E-state index in [1.807, 2.05) is 0 Å². The van der Waals surface area contributed by atoms with Gasteiger partial charge in [0.1, 0.15) is 11.7 Å². The van der Waals surface area contributed by atoms with Crippen molar-refractivity contribution in [3.8, 4) is 11.1 Å². The van der Waals surface area contributed by atoms with E-state index in [1.54, 1.807) is 24.3 Å². The summed E-state index contributed by atoms with van der Waals surface area (Å²) in [6.45, 7) is 0. The molecule has 0 atom stereocenters. The van der Waals surface area contributed by atoms with Crippen molar-refractivity contribution in [2.24, 2.45) is 11.5 Å². The molecule has 2 aromatic carbocycles. The fourth-order valence-electron chi connectivity index (χ4n) is 2.39. The van der Waals surface area contributed by atoms with Crippen LogP contribution in [-0.2, 0) is 9.84 Å². The molecule has 0 spiro atoms. The molecular formula is C14H12N4O2S. The van der Waals surface area contributed by atoms with Crippen LogP contribution in [0.2, 0.25) is 0 Å². The van der Waals surface area contributed by atoms with Crippen LogP contribution in [0.15, 0.2) is 46.2 Å². The van der Waals surface area contributed by atoms with E-state index in [0.717, 1.165) is 0 Å². The Morgan fingerprint density at radius 3 is 1.52 bits per heavy atom. The predicted octanol–water partition coefficient (Wildman–Crippen LogP) is 1.07. The molecule has 106 valence electrons. The van der Waals surface area contributed by atoms with Crippen LogP contribution < -0.4 is 11.5 Å². The highest BCUT2D eigenvalue weighted by Gasteiger charge is 2.33. The first-order chi connectivity index (χ1) is 9.82. The summed E-state index contributed by atoms with van der Waals surface area (Å²) in [5, 5.41) is 14.8. The Labute approximate surface area is 121 Å². The van der Waals surface area contributed by atoms with Crippen LogP contribution in [0.1, 0.15) is 11.1 Å². The Bertz CT molecular complexity index is 847. The zero-order valence-corrected chi connectivity index (χ0v) is 11.7. The molecule has 0 saturated heterocycles. The molecule has 0 fully saturated rings. The van der Waals surface area contributed by atoms with Crippen molar-refractivity contribution in [3.05, 3.63) is 47.5 Å². The fourth-order valence-corrected chi connectivity index (χ4v) is 4.12. The lowest BCUT2D eigenvalue weighted by atomic mass is 10.0. The van der Waals surface area contributed by atoms with Crippen molar-refractivity contribution in [3.63, 3.8) is 0 Å². The molecule has 6 N–H and O–H groups in total. The number of sulfone groups is 1. The van der Waals surface area contributed by atoms with E-state index in [-0.39, 0.29) is 21.5 Å². The van der Waals surface area contributed by atoms with Gasteiger partial charge in [0.05, 0.1) is 9.79 Å². The summed E-state index contributed by atoms with van der Waals surface area (Å²) in [7, 11) is -3.68. The van der Waals surface area contributed by atoms with Crippen LogP contribution >= 0.6 is 0 Å². The lowest BCUT2D eigenvalue weighted by molar-refractivity contribution is 0.598. The monoisotopic (exact) mass is 300 g/mol. The molecule has 0 amide bonds. The standard InChI is InChI=1S/C14H12N4O2S/c15-13(16)7-1-3-9-10-4-2-8(14(17)18)6-12(10)21(19,20)11(9)5-7/h1-6H,(H3,15,16)(H3,17,18). The molecule has 7 heteroatoms. The van der Waals surface area contributed by atoms with Gasteiger partial charge in [0.15, 0.2) is 0 Å². The molecule has 1 heterocycles. The SMILES string of the molecule is N=C(N)c1ccc2c(c1)S(=O)(=O)c1cc(C(=N)N)ccc1-2. The molecule has 0 saturated carbocycles. The van der Waals surface area contributed by atoms with Crippen LogP contribution in [0.4, 0.5) is 0 Å². The second-order valence-electron chi connectivity index (χ2n) is 4.75. The van der Waals surface area contributed by atoms with Crippen molar-refractivity contribution < 1.29 is 8.42 Å². The average Bonchev–Trinajstić information content (AvgIpc) is 2.67. The molecular weight excluding hydrogens is 288 g/mol. The van der Waals surface area contributed by atoms with E-state index in [0.29, 0.717) is 22.3 Å². The highest BCUT2D eigenvalue weighted by Crippen LogP contribution is 2.43. The Hall–Kier alpha value is -2.67. The zero-order valence-electron chi connectivity index (χ0n) is 10.8. The largest absolute Gasteiger partial charge is 0.384 e. The quantitative estimate of drug-likeness (QED) is 0.416. The van der Waals surface area contributed by atoms with Crippen LogP contribution in [0, 0.1) is 10.8 Å². The van der Waals surface area contributed by atoms with Gasteiger partial charge in [-0.05, 0) is 12.1 Å². The minimum absolute atomic E-state index is 0.130. The highest BCUT2D eigenvalue weighted by molar-refractivity contribution is 7.92. The minimum atomic E-state index is -3.68. The summed E-state index contributed by atoms with van der Waals surface area (Å²) in [4.78, 5) is 0.261. The summed E-state index contributed by atoms with van der Waals surface area (Å²) >= 11 is 0. The number of hydrogen-bond acceptors (Lipinski definition) is 4. The third-order valence-corrected chi connectivity index (χ3v) is 5.29. The Morgan fingerprint density at radius 2 is 1.19 bits per heavy atom. The molecule has 0 unspecified atom stereocenters. The van der Waals surface area contributed by atoms with E-state index < -0.39 is 9.84 Å². The number of amidine groups is 2. The first-order valence-corrected chi connectivity index (χ1v) is 7.53. The Morgan fingerprint density at radius 1 is 0.810 bits per heavy atom. The fraction of sp³-hybridized carbons (Fsp3) is 0. The highest BCUT2D eigenvalue weighted by atomic mass is 32.2. The molecule has 0 aliphatic carbocycles. The molecule has 2 aromatic rings. The molecule has 3 rings (SSSR count). The van der Waals surface area contributed by atoms with Gasteiger partial charge >= 0.3 is 0 Å². The van der Waals surface area contributed by atoms with Crippen LogP contribution in [0.3, 0.4) is 0 Å². The van der Waals surface area contributed by atoms with Gasteiger partial charge in [-0.3, -0.25) is 10.8 Å². The van der Waals surface area contributed by atoms with E-state index in [1.165, 1.54) is 12.1 Å². The number of benzene rings is 2. The van der Waals surface area contributed by atoms with Gasteiger partial charge in [-0.2, -0.15) is 0 Å². The number of nitrogens with one attached hydrogen (secondary N) is 2. The van der Waals surface area contributed by atoms with Crippen molar-refractivity contribution in [2.75, 3.05) is 0 Å².